The molecule has 0 aromatic heterocycles. The number of carbonyl (C=O) groups excluding carboxylic acids is 1. The Bertz CT molecular complexity index is 535. The van der Waals surface area contributed by atoms with E-state index in [-0.39, 0.29) is 11.6 Å². The molecule has 27 heavy (non-hydrogen) atoms. The lowest BCUT2D eigenvalue weighted by molar-refractivity contribution is 0.108. The summed E-state index contributed by atoms with van der Waals surface area (Å²) >= 11 is 5.41. The minimum Gasteiger partial charge on any atom is -0.380 e. The zero-order valence-corrected chi connectivity index (χ0v) is 17.9. The molecule has 1 unspecified atom stereocenters. The van der Waals surface area contributed by atoms with Crippen LogP contribution in [-0.2, 0) is 0 Å². The molecule has 1 aromatic rings. The second kappa shape index (κ2) is 14.9. The van der Waals surface area contributed by atoms with E-state index in [9.17, 15) is 9.18 Å². The van der Waals surface area contributed by atoms with Gasteiger partial charge in [-0.2, -0.15) is 0 Å². The van der Waals surface area contributed by atoms with E-state index in [0.29, 0.717) is 5.69 Å². The summed E-state index contributed by atoms with van der Waals surface area (Å²) < 4.78 is 14.2. The Hall–Kier alpha value is -1.09. The van der Waals surface area contributed by atoms with Crippen molar-refractivity contribution in [3.63, 3.8) is 0 Å². The average Bonchev–Trinajstić information content (AvgIpc) is 2.64. The smallest absolute Gasteiger partial charge is 0.252 e. The van der Waals surface area contributed by atoms with Crippen LogP contribution in [0.4, 0.5) is 10.1 Å². The number of nitrogens with one attached hydrogen (secondary N) is 1. The molecule has 0 fully saturated rings. The highest BCUT2D eigenvalue weighted by Gasteiger charge is 2.12. The summed E-state index contributed by atoms with van der Waals surface area (Å²) in [6, 6.07) is 4.67. The molecule has 0 amide bonds. The number of hydrogen-bond acceptors (Lipinski definition) is 2. The molecule has 0 aliphatic carbocycles. The minimum atomic E-state index is -0.629. The Morgan fingerprint density at radius 1 is 0.926 bits per heavy atom. The van der Waals surface area contributed by atoms with Crippen LogP contribution < -0.4 is 5.32 Å². The van der Waals surface area contributed by atoms with Crippen LogP contribution in [0.15, 0.2) is 18.2 Å². The van der Waals surface area contributed by atoms with Gasteiger partial charge in [-0.1, -0.05) is 84.5 Å². The third-order valence-corrected chi connectivity index (χ3v) is 5.32. The standard InChI is InChI=1S/C23H37ClFNO/c1-3-5-6-7-8-9-10-11-12-13-15-20(14-4-2)26-22-17-16-19(23(24)27)18-21(22)25/h16-18,20,26H,3-15H2,1-2H3. The molecule has 0 bridgehead atoms. The Morgan fingerprint density at radius 2 is 1.52 bits per heavy atom. The fourth-order valence-electron chi connectivity index (χ4n) is 3.49. The van der Waals surface area contributed by atoms with E-state index < -0.39 is 11.1 Å². The fourth-order valence-corrected chi connectivity index (χ4v) is 3.61. The maximum Gasteiger partial charge on any atom is 0.252 e. The number of anilines is 1. The van der Waals surface area contributed by atoms with Crippen molar-refractivity contribution < 1.29 is 9.18 Å². The molecule has 0 saturated heterocycles. The molecule has 154 valence electrons. The number of unbranched alkanes of at least 4 members (excludes halogenated alkanes) is 9. The van der Waals surface area contributed by atoms with Gasteiger partial charge in [-0.25, -0.2) is 4.39 Å². The number of rotatable bonds is 16. The molecule has 4 heteroatoms. The van der Waals surface area contributed by atoms with Gasteiger partial charge in [-0.05, 0) is 42.6 Å². The second-order valence-corrected chi connectivity index (χ2v) is 7.91. The van der Waals surface area contributed by atoms with Crippen LogP contribution in [0.25, 0.3) is 0 Å². The molecule has 0 radical (unpaired) electrons. The predicted molar refractivity (Wildman–Crippen MR) is 115 cm³/mol. The van der Waals surface area contributed by atoms with Gasteiger partial charge in [-0.3, -0.25) is 4.79 Å². The van der Waals surface area contributed by atoms with Crippen molar-refractivity contribution in [2.45, 2.75) is 103 Å². The van der Waals surface area contributed by atoms with Crippen molar-refractivity contribution in [2.75, 3.05) is 5.32 Å². The second-order valence-electron chi connectivity index (χ2n) is 7.57. The molecule has 1 rings (SSSR count). The van der Waals surface area contributed by atoms with Crippen LogP contribution >= 0.6 is 11.6 Å². The van der Waals surface area contributed by atoms with Crippen LogP contribution in [-0.4, -0.2) is 11.3 Å². The SMILES string of the molecule is CCCCCCCCCCCCC(CCC)Nc1ccc(C(=O)Cl)cc1F. The highest BCUT2D eigenvalue weighted by atomic mass is 35.5. The Labute approximate surface area is 170 Å². The van der Waals surface area contributed by atoms with Crippen LogP contribution in [0.3, 0.4) is 0 Å². The van der Waals surface area contributed by atoms with E-state index in [1.807, 2.05) is 0 Å². The van der Waals surface area contributed by atoms with E-state index in [4.69, 9.17) is 11.6 Å². The van der Waals surface area contributed by atoms with E-state index >= 15 is 0 Å². The third-order valence-electron chi connectivity index (χ3n) is 5.10. The van der Waals surface area contributed by atoms with E-state index in [0.717, 1.165) is 19.3 Å². The molecular formula is C23H37ClFNO. The lowest BCUT2D eigenvalue weighted by atomic mass is 10.0. The summed E-state index contributed by atoms with van der Waals surface area (Å²) in [5.74, 6) is -0.411. The first kappa shape index (κ1) is 23.9. The predicted octanol–water partition coefficient (Wildman–Crippen LogP) is 8.10. The summed E-state index contributed by atoms with van der Waals surface area (Å²) in [4.78, 5) is 11.1. The zero-order valence-electron chi connectivity index (χ0n) is 17.2. The van der Waals surface area contributed by atoms with E-state index in [1.165, 1.54) is 70.3 Å². The zero-order chi connectivity index (χ0) is 19.9. The average molecular weight is 398 g/mol. The van der Waals surface area contributed by atoms with Gasteiger partial charge in [-0.15, -0.1) is 0 Å². The summed E-state index contributed by atoms with van der Waals surface area (Å²) in [5.41, 5.74) is 0.656. The Morgan fingerprint density at radius 3 is 2.04 bits per heavy atom. The molecule has 1 aromatic carbocycles. The number of halogens is 2. The van der Waals surface area contributed by atoms with E-state index in [2.05, 4.69) is 19.2 Å². The number of hydrogen-bond donors (Lipinski definition) is 1. The molecule has 1 atom stereocenters. The van der Waals surface area contributed by atoms with Crippen LogP contribution in [0.1, 0.15) is 108 Å². The summed E-state index contributed by atoms with van der Waals surface area (Å²) in [6.45, 7) is 4.41. The van der Waals surface area contributed by atoms with Gasteiger partial charge in [0, 0.05) is 11.6 Å². The lowest BCUT2D eigenvalue weighted by Gasteiger charge is -2.20. The van der Waals surface area contributed by atoms with Crippen molar-refractivity contribution in [3.8, 4) is 0 Å². The maximum absolute atomic E-state index is 14.2. The van der Waals surface area contributed by atoms with Gasteiger partial charge in [0.05, 0.1) is 5.69 Å². The van der Waals surface area contributed by atoms with Gasteiger partial charge >= 0.3 is 0 Å². The monoisotopic (exact) mass is 397 g/mol. The first-order chi connectivity index (χ1) is 13.1. The largest absolute Gasteiger partial charge is 0.380 e. The third kappa shape index (κ3) is 10.7. The van der Waals surface area contributed by atoms with Crippen LogP contribution in [0.5, 0.6) is 0 Å². The molecule has 0 spiro atoms. The van der Waals surface area contributed by atoms with Gasteiger partial charge in [0.15, 0.2) is 0 Å². The first-order valence-corrected chi connectivity index (χ1v) is 11.2. The van der Waals surface area contributed by atoms with Crippen molar-refractivity contribution in [1.82, 2.24) is 0 Å². The highest BCUT2D eigenvalue weighted by Crippen LogP contribution is 2.21. The molecule has 0 aliphatic rings. The molecule has 0 heterocycles. The highest BCUT2D eigenvalue weighted by molar-refractivity contribution is 6.67. The molecule has 2 nitrogen and oxygen atoms in total. The number of carbonyl (C=O) groups is 1. The lowest BCUT2D eigenvalue weighted by Crippen LogP contribution is -2.20. The maximum atomic E-state index is 14.2. The first-order valence-electron chi connectivity index (χ1n) is 10.8. The van der Waals surface area contributed by atoms with Gasteiger partial charge < -0.3 is 5.32 Å². The topological polar surface area (TPSA) is 29.1 Å². The van der Waals surface area contributed by atoms with Crippen molar-refractivity contribution in [2.24, 2.45) is 0 Å². The molecule has 0 aliphatic heterocycles. The van der Waals surface area contributed by atoms with Gasteiger partial charge in [0.1, 0.15) is 5.82 Å². The Balaban J connectivity index is 2.27. The van der Waals surface area contributed by atoms with Crippen molar-refractivity contribution >= 4 is 22.5 Å². The van der Waals surface area contributed by atoms with Crippen molar-refractivity contribution in [3.05, 3.63) is 29.6 Å². The molecule has 1 N–H and O–H groups in total. The normalized spacial score (nSPS) is 12.1. The number of benzene rings is 1. The summed E-state index contributed by atoms with van der Waals surface area (Å²) in [7, 11) is 0. The van der Waals surface area contributed by atoms with Gasteiger partial charge in [0.2, 0.25) is 0 Å². The Kier molecular flexibility index (Phi) is 13.2. The quantitative estimate of drug-likeness (QED) is 0.225. The molecular weight excluding hydrogens is 361 g/mol. The van der Waals surface area contributed by atoms with Crippen LogP contribution in [0.2, 0.25) is 0 Å². The van der Waals surface area contributed by atoms with Gasteiger partial charge in [0.25, 0.3) is 5.24 Å². The summed E-state index contributed by atoms with van der Waals surface area (Å²) in [6.07, 6.45) is 16.4. The van der Waals surface area contributed by atoms with E-state index in [1.54, 1.807) is 12.1 Å². The summed E-state index contributed by atoms with van der Waals surface area (Å²) in [5, 5.41) is 2.69. The fraction of sp³-hybridized carbons (Fsp3) is 0.696. The van der Waals surface area contributed by atoms with Crippen LogP contribution in [0, 0.1) is 5.82 Å². The minimum absolute atomic E-state index is 0.196. The van der Waals surface area contributed by atoms with Crippen molar-refractivity contribution in [1.29, 1.82) is 0 Å². The molecule has 0 saturated carbocycles.